The van der Waals surface area contributed by atoms with E-state index in [2.05, 4.69) is 53.4 Å². The van der Waals surface area contributed by atoms with E-state index < -0.39 is 0 Å². The number of halogens is 3. The van der Waals surface area contributed by atoms with Crippen LogP contribution in [0.1, 0.15) is 16.7 Å². The maximum absolute atomic E-state index is 6.54. The highest BCUT2D eigenvalue weighted by molar-refractivity contribution is 8.93. The van der Waals surface area contributed by atoms with Crippen molar-refractivity contribution < 1.29 is 9.47 Å². The predicted molar refractivity (Wildman–Crippen MR) is 167 cm³/mol. The lowest BCUT2D eigenvalue weighted by Crippen LogP contribution is -2.28. The third-order valence-corrected chi connectivity index (χ3v) is 7.30. The lowest BCUT2D eigenvalue weighted by molar-refractivity contribution is 0.405. The Bertz CT molecular complexity index is 1270. The van der Waals surface area contributed by atoms with Gasteiger partial charge in [-0.05, 0) is 59.2 Å². The molecule has 0 heterocycles. The molecule has 0 aliphatic heterocycles. The number of hydrogen-bond acceptors (Lipinski definition) is 4. The molecule has 0 atom stereocenters. The van der Waals surface area contributed by atoms with Crippen LogP contribution < -0.4 is 9.47 Å². The number of aliphatic imine (C=N–C) groups is 1. The van der Waals surface area contributed by atoms with Crippen molar-refractivity contribution in [3.8, 4) is 11.5 Å². The average molecular weight is 632 g/mol. The topological polar surface area (TPSA) is 34.1 Å². The van der Waals surface area contributed by atoms with E-state index in [0.29, 0.717) is 28.8 Å². The van der Waals surface area contributed by atoms with Crippen molar-refractivity contribution >= 4 is 62.8 Å². The van der Waals surface area contributed by atoms with Crippen LogP contribution in [0.5, 0.6) is 11.5 Å². The molecule has 4 rings (SSSR count). The molecule has 4 nitrogen and oxygen atoms in total. The third-order valence-electron chi connectivity index (χ3n) is 5.67. The normalized spacial score (nSPS) is 11.0. The van der Waals surface area contributed by atoms with E-state index in [1.807, 2.05) is 42.5 Å². The van der Waals surface area contributed by atoms with Crippen LogP contribution in [0.15, 0.2) is 102 Å². The molecular weight excluding hydrogens is 603 g/mol. The van der Waals surface area contributed by atoms with Gasteiger partial charge < -0.3 is 14.4 Å². The van der Waals surface area contributed by atoms with E-state index in [9.17, 15) is 0 Å². The minimum absolute atomic E-state index is 0. The second kappa shape index (κ2) is 15.1. The standard InChI is InChI=1S/C30H28Cl2N2O2S.BrH/c1-35-26-13-8-22(9-14-26)19-34(20-23-10-15-27(36-2)16-11-23)30(37-21-24-6-4-3-5-7-24)33-29-17-12-25(31)18-28(29)32;/h3-18H,19-21H2,1-2H3;1H. The first kappa shape index (κ1) is 29.9. The van der Waals surface area contributed by atoms with Crippen molar-refractivity contribution in [3.05, 3.63) is 124 Å². The lowest BCUT2D eigenvalue weighted by Gasteiger charge is -2.26. The maximum Gasteiger partial charge on any atom is 0.165 e. The summed E-state index contributed by atoms with van der Waals surface area (Å²) in [5.41, 5.74) is 4.18. The van der Waals surface area contributed by atoms with Gasteiger partial charge in [-0.1, -0.05) is 89.6 Å². The Kier molecular flexibility index (Phi) is 11.9. The van der Waals surface area contributed by atoms with E-state index in [-0.39, 0.29) is 17.0 Å². The summed E-state index contributed by atoms with van der Waals surface area (Å²) in [5, 5.41) is 1.95. The number of ether oxygens (including phenoxy) is 2. The van der Waals surface area contributed by atoms with Crippen molar-refractivity contribution in [1.82, 2.24) is 4.90 Å². The minimum Gasteiger partial charge on any atom is -0.497 e. The number of benzene rings is 4. The Balaban J connectivity index is 0.00000400. The second-order valence-electron chi connectivity index (χ2n) is 8.32. The summed E-state index contributed by atoms with van der Waals surface area (Å²) in [5.74, 6) is 2.42. The molecule has 0 aliphatic rings. The summed E-state index contributed by atoms with van der Waals surface area (Å²) >= 11 is 14.4. The molecule has 198 valence electrons. The predicted octanol–water partition coefficient (Wildman–Crippen LogP) is 9.21. The largest absolute Gasteiger partial charge is 0.497 e. The molecule has 0 saturated heterocycles. The van der Waals surface area contributed by atoms with Crippen LogP contribution >= 0.6 is 51.9 Å². The SMILES string of the molecule is Br.COc1ccc(CN(Cc2ccc(OC)cc2)C(=Nc2ccc(Cl)cc2Cl)SCc2ccccc2)cc1. The van der Waals surface area contributed by atoms with Crippen molar-refractivity contribution in [2.24, 2.45) is 4.99 Å². The molecule has 8 heteroatoms. The van der Waals surface area contributed by atoms with Gasteiger partial charge in [0.1, 0.15) is 11.5 Å². The maximum atomic E-state index is 6.54. The molecular formula is C30H29BrCl2N2O2S. The van der Waals surface area contributed by atoms with Crippen LogP contribution in [-0.4, -0.2) is 24.3 Å². The van der Waals surface area contributed by atoms with Crippen LogP contribution in [0, 0.1) is 0 Å². The Morgan fingerprint density at radius 3 is 1.79 bits per heavy atom. The number of hydrogen-bond donors (Lipinski definition) is 0. The Morgan fingerprint density at radius 2 is 1.29 bits per heavy atom. The van der Waals surface area contributed by atoms with E-state index in [4.69, 9.17) is 37.7 Å². The number of amidine groups is 1. The van der Waals surface area contributed by atoms with Crippen molar-refractivity contribution in [2.45, 2.75) is 18.8 Å². The number of methoxy groups -OCH3 is 2. The zero-order valence-corrected chi connectivity index (χ0v) is 25.2. The van der Waals surface area contributed by atoms with Gasteiger partial charge in [-0.2, -0.15) is 0 Å². The van der Waals surface area contributed by atoms with Crippen LogP contribution in [0.2, 0.25) is 10.0 Å². The molecule has 0 bridgehead atoms. The van der Waals surface area contributed by atoms with Crippen LogP contribution in [0.25, 0.3) is 0 Å². The third kappa shape index (κ3) is 8.70. The highest BCUT2D eigenvalue weighted by Gasteiger charge is 2.16. The minimum atomic E-state index is 0. The van der Waals surface area contributed by atoms with Gasteiger partial charge in [-0.15, -0.1) is 17.0 Å². The van der Waals surface area contributed by atoms with E-state index >= 15 is 0 Å². The van der Waals surface area contributed by atoms with Gasteiger partial charge in [-0.25, -0.2) is 4.99 Å². The average Bonchev–Trinajstić information content (AvgIpc) is 2.93. The molecule has 0 aromatic heterocycles. The number of nitrogens with zero attached hydrogens (tertiary/aromatic N) is 2. The van der Waals surface area contributed by atoms with Gasteiger partial charge in [0.25, 0.3) is 0 Å². The second-order valence-corrected chi connectivity index (χ2v) is 10.1. The molecule has 4 aromatic carbocycles. The Morgan fingerprint density at radius 1 is 0.737 bits per heavy atom. The highest BCUT2D eigenvalue weighted by atomic mass is 79.9. The summed E-state index contributed by atoms with van der Waals surface area (Å²) in [6.45, 7) is 1.31. The Hall–Kier alpha value is -2.64. The fourth-order valence-corrected chi connectivity index (χ4v) is 5.10. The van der Waals surface area contributed by atoms with Crippen LogP contribution in [0.4, 0.5) is 5.69 Å². The summed E-state index contributed by atoms with van der Waals surface area (Å²) < 4.78 is 10.7. The van der Waals surface area contributed by atoms with E-state index in [0.717, 1.165) is 33.5 Å². The summed E-state index contributed by atoms with van der Waals surface area (Å²) in [7, 11) is 3.34. The molecule has 0 fully saturated rings. The van der Waals surface area contributed by atoms with Crippen LogP contribution in [-0.2, 0) is 18.8 Å². The first-order valence-corrected chi connectivity index (χ1v) is 13.5. The summed E-state index contributed by atoms with van der Waals surface area (Å²) in [4.78, 5) is 7.31. The number of thioether (sulfide) groups is 1. The highest BCUT2D eigenvalue weighted by Crippen LogP contribution is 2.31. The zero-order valence-electron chi connectivity index (χ0n) is 21.1. The zero-order chi connectivity index (χ0) is 26.0. The van der Waals surface area contributed by atoms with Crippen LogP contribution in [0.3, 0.4) is 0 Å². The molecule has 38 heavy (non-hydrogen) atoms. The summed E-state index contributed by atoms with van der Waals surface area (Å²) in [6.07, 6.45) is 0. The van der Waals surface area contributed by atoms with Gasteiger partial charge >= 0.3 is 0 Å². The monoisotopic (exact) mass is 630 g/mol. The van der Waals surface area contributed by atoms with Gasteiger partial charge in [0.2, 0.25) is 0 Å². The lowest BCUT2D eigenvalue weighted by atomic mass is 10.1. The van der Waals surface area contributed by atoms with E-state index in [1.54, 1.807) is 32.0 Å². The smallest absolute Gasteiger partial charge is 0.165 e. The fourth-order valence-electron chi connectivity index (χ4n) is 3.69. The van der Waals surface area contributed by atoms with Crippen molar-refractivity contribution in [2.75, 3.05) is 14.2 Å². The first-order valence-electron chi connectivity index (χ1n) is 11.8. The molecule has 0 spiro atoms. The first-order chi connectivity index (χ1) is 18.0. The van der Waals surface area contributed by atoms with Gasteiger partial charge in [0.05, 0.1) is 24.9 Å². The van der Waals surface area contributed by atoms with Crippen molar-refractivity contribution in [1.29, 1.82) is 0 Å². The van der Waals surface area contributed by atoms with Gasteiger partial charge in [-0.3, -0.25) is 0 Å². The Labute approximate surface area is 249 Å². The molecule has 0 aliphatic carbocycles. The molecule has 0 amide bonds. The van der Waals surface area contributed by atoms with Gasteiger partial charge in [0.15, 0.2) is 5.17 Å². The molecule has 0 N–H and O–H groups in total. The number of rotatable bonds is 9. The van der Waals surface area contributed by atoms with E-state index in [1.165, 1.54) is 5.56 Å². The molecule has 4 aromatic rings. The fraction of sp³-hybridized carbons (Fsp3) is 0.167. The molecule has 0 saturated carbocycles. The van der Waals surface area contributed by atoms with Crippen molar-refractivity contribution in [3.63, 3.8) is 0 Å². The molecule has 0 unspecified atom stereocenters. The molecule has 0 radical (unpaired) electrons. The summed E-state index contributed by atoms with van der Waals surface area (Å²) in [6, 6.07) is 32.0. The van der Waals surface area contributed by atoms with Gasteiger partial charge in [0, 0.05) is 23.9 Å². The quantitative estimate of drug-likeness (QED) is 0.136.